The maximum absolute atomic E-state index is 11.2. The van der Waals surface area contributed by atoms with Crippen LogP contribution in [0.2, 0.25) is 10.3 Å². The SMILES string of the molecule is COC(=O)c1ccc(-c2nc(Cl)ncc2Cl)o1. The number of halogens is 2. The lowest BCUT2D eigenvalue weighted by atomic mass is 10.3. The van der Waals surface area contributed by atoms with Gasteiger partial charge in [-0.2, -0.15) is 0 Å². The highest BCUT2D eigenvalue weighted by atomic mass is 35.5. The van der Waals surface area contributed by atoms with Crippen LogP contribution in [-0.2, 0) is 4.74 Å². The van der Waals surface area contributed by atoms with Crippen molar-refractivity contribution in [2.45, 2.75) is 0 Å². The van der Waals surface area contributed by atoms with E-state index in [4.69, 9.17) is 27.6 Å². The molecule has 0 atom stereocenters. The van der Waals surface area contributed by atoms with E-state index < -0.39 is 5.97 Å². The lowest BCUT2D eigenvalue weighted by Gasteiger charge is -1.99. The van der Waals surface area contributed by atoms with Crippen LogP contribution < -0.4 is 0 Å². The van der Waals surface area contributed by atoms with Gasteiger partial charge in [0.15, 0.2) is 5.76 Å². The summed E-state index contributed by atoms with van der Waals surface area (Å²) < 4.78 is 9.77. The molecule has 0 aliphatic heterocycles. The van der Waals surface area contributed by atoms with E-state index in [0.717, 1.165) is 0 Å². The fraction of sp³-hybridized carbons (Fsp3) is 0.100. The van der Waals surface area contributed by atoms with E-state index in [1.165, 1.54) is 19.4 Å². The molecular formula is C10H6Cl2N2O3. The van der Waals surface area contributed by atoms with E-state index in [-0.39, 0.29) is 16.1 Å². The van der Waals surface area contributed by atoms with Gasteiger partial charge < -0.3 is 9.15 Å². The lowest BCUT2D eigenvalue weighted by Crippen LogP contribution is -1.98. The Labute approximate surface area is 106 Å². The highest BCUT2D eigenvalue weighted by molar-refractivity contribution is 6.33. The molecule has 0 radical (unpaired) electrons. The Morgan fingerprint density at radius 2 is 2.18 bits per heavy atom. The van der Waals surface area contributed by atoms with Crippen molar-refractivity contribution in [3.63, 3.8) is 0 Å². The maximum atomic E-state index is 11.2. The van der Waals surface area contributed by atoms with Crippen molar-refractivity contribution < 1.29 is 13.9 Å². The van der Waals surface area contributed by atoms with Gasteiger partial charge >= 0.3 is 5.97 Å². The second-order valence-corrected chi connectivity index (χ2v) is 3.74. The number of carbonyl (C=O) groups excluding carboxylic acids is 1. The van der Waals surface area contributed by atoms with Crippen molar-refractivity contribution in [3.8, 4) is 11.5 Å². The van der Waals surface area contributed by atoms with Gasteiger partial charge in [0, 0.05) is 0 Å². The van der Waals surface area contributed by atoms with Gasteiger partial charge in [0.2, 0.25) is 11.0 Å². The largest absolute Gasteiger partial charge is 0.463 e. The first-order chi connectivity index (χ1) is 8.11. The molecule has 5 nitrogen and oxygen atoms in total. The average Bonchev–Trinajstić information content (AvgIpc) is 2.80. The summed E-state index contributed by atoms with van der Waals surface area (Å²) in [6.45, 7) is 0. The minimum absolute atomic E-state index is 0.0421. The molecule has 7 heteroatoms. The van der Waals surface area contributed by atoms with E-state index in [1.807, 2.05) is 0 Å². The number of ether oxygens (including phenoxy) is 1. The van der Waals surface area contributed by atoms with Gasteiger partial charge in [-0.25, -0.2) is 14.8 Å². The smallest absolute Gasteiger partial charge is 0.373 e. The fourth-order valence-corrected chi connectivity index (χ4v) is 1.51. The van der Waals surface area contributed by atoms with Gasteiger partial charge in [-0.3, -0.25) is 0 Å². The van der Waals surface area contributed by atoms with Gasteiger partial charge in [-0.05, 0) is 23.7 Å². The molecule has 0 amide bonds. The molecular weight excluding hydrogens is 267 g/mol. The Morgan fingerprint density at radius 3 is 2.88 bits per heavy atom. The molecule has 2 heterocycles. The van der Waals surface area contributed by atoms with Crippen molar-refractivity contribution in [2.24, 2.45) is 0 Å². The highest BCUT2D eigenvalue weighted by Crippen LogP contribution is 2.27. The van der Waals surface area contributed by atoms with Gasteiger partial charge in [0.05, 0.1) is 18.3 Å². The molecule has 0 spiro atoms. The van der Waals surface area contributed by atoms with Crippen molar-refractivity contribution in [2.75, 3.05) is 7.11 Å². The second-order valence-electron chi connectivity index (χ2n) is 2.99. The van der Waals surface area contributed by atoms with Crippen LogP contribution in [0, 0.1) is 0 Å². The van der Waals surface area contributed by atoms with Crippen LogP contribution in [0.1, 0.15) is 10.6 Å². The third-order valence-corrected chi connectivity index (χ3v) is 2.40. The normalized spacial score (nSPS) is 10.3. The molecule has 0 unspecified atom stereocenters. The number of aromatic nitrogens is 2. The number of hydrogen-bond donors (Lipinski definition) is 0. The molecule has 17 heavy (non-hydrogen) atoms. The summed E-state index contributed by atoms with van der Waals surface area (Å²) in [5.74, 6) is -0.194. The predicted molar refractivity (Wildman–Crippen MR) is 61.1 cm³/mol. The van der Waals surface area contributed by atoms with Crippen molar-refractivity contribution in [1.29, 1.82) is 0 Å². The van der Waals surface area contributed by atoms with E-state index in [0.29, 0.717) is 11.5 Å². The molecule has 2 aromatic rings. The highest BCUT2D eigenvalue weighted by Gasteiger charge is 2.15. The molecule has 0 aliphatic carbocycles. The van der Waals surface area contributed by atoms with Crippen LogP contribution in [0.25, 0.3) is 11.5 Å². The Morgan fingerprint density at radius 1 is 1.41 bits per heavy atom. The summed E-state index contributed by atoms with van der Waals surface area (Å²) in [5.41, 5.74) is 0.321. The van der Waals surface area contributed by atoms with E-state index in [2.05, 4.69) is 14.7 Å². The zero-order chi connectivity index (χ0) is 12.4. The van der Waals surface area contributed by atoms with Gasteiger partial charge in [-0.1, -0.05) is 11.6 Å². The molecule has 0 aromatic carbocycles. The number of furan rings is 1. The number of esters is 1. The zero-order valence-electron chi connectivity index (χ0n) is 8.61. The van der Waals surface area contributed by atoms with Gasteiger partial charge in [0.25, 0.3) is 0 Å². The Bertz CT molecular complexity index is 568. The number of nitrogens with zero attached hydrogens (tertiary/aromatic N) is 2. The van der Waals surface area contributed by atoms with Crippen LogP contribution in [0.4, 0.5) is 0 Å². The first-order valence-electron chi connectivity index (χ1n) is 4.48. The summed E-state index contributed by atoms with van der Waals surface area (Å²) in [7, 11) is 1.26. The summed E-state index contributed by atoms with van der Waals surface area (Å²) >= 11 is 11.5. The summed E-state index contributed by atoms with van der Waals surface area (Å²) in [6, 6.07) is 3.02. The van der Waals surface area contributed by atoms with Gasteiger partial charge in [0.1, 0.15) is 5.69 Å². The van der Waals surface area contributed by atoms with Crippen molar-refractivity contribution >= 4 is 29.2 Å². The number of methoxy groups -OCH3 is 1. The first kappa shape index (κ1) is 11.9. The third-order valence-electron chi connectivity index (χ3n) is 1.94. The quantitative estimate of drug-likeness (QED) is 0.621. The van der Waals surface area contributed by atoms with Crippen LogP contribution in [0.5, 0.6) is 0 Å². The standard InChI is InChI=1S/C10H6Cl2N2O3/c1-16-9(15)7-3-2-6(17-7)8-5(11)4-13-10(12)14-8/h2-4H,1H3. The maximum Gasteiger partial charge on any atom is 0.373 e. The fourth-order valence-electron chi connectivity index (χ4n) is 1.19. The first-order valence-corrected chi connectivity index (χ1v) is 5.24. The Balaban J connectivity index is 2.43. The molecule has 2 aromatic heterocycles. The molecule has 2 rings (SSSR count). The topological polar surface area (TPSA) is 65.2 Å². The number of carbonyl (C=O) groups is 1. The van der Waals surface area contributed by atoms with Gasteiger partial charge in [-0.15, -0.1) is 0 Å². The van der Waals surface area contributed by atoms with Crippen LogP contribution in [0.3, 0.4) is 0 Å². The van der Waals surface area contributed by atoms with Crippen LogP contribution in [0.15, 0.2) is 22.7 Å². The summed E-state index contributed by atoms with van der Waals surface area (Å²) in [4.78, 5) is 18.8. The van der Waals surface area contributed by atoms with E-state index in [9.17, 15) is 4.79 Å². The number of hydrogen-bond acceptors (Lipinski definition) is 5. The second kappa shape index (κ2) is 4.73. The lowest BCUT2D eigenvalue weighted by molar-refractivity contribution is 0.0566. The zero-order valence-corrected chi connectivity index (χ0v) is 10.1. The Kier molecular flexibility index (Phi) is 3.31. The monoisotopic (exact) mass is 272 g/mol. The molecule has 0 N–H and O–H groups in total. The van der Waals surface area contributed by atoms with Crippen LogP contribution in [-0.4, -0.2) is 23.0 Å². The summed E-state index contributed by atoms with van der Waals surface area (Å²) in [6.07, 6.45) is 1.35. The molecule has 0 fully saturated rings. The average molecular weight is 273 g/mol. The molecule has 0 aliphatic rings. The van der Waals surface area contributed by atoms with E-state index in [1.54, 1.807) is 6.07 Å². The molecule has 0 bridgehead atoms. The minimum atomic E-state index is -0.576. The molecule has 0 saturated heterocycles. The molecule has 88 valence electrons. The minimum Gasteiger partial charge on any atom is -0.463 e. The van der Waals surface area contributed by atoms with E-state index >= 15 is 0 Å². The van der Waals surface area contributed by atoms with Crippen LogP contribution >= 0.6 is 23.2 Å². The van der Waals surface area contributed by atoms with Crippen molar-refractivity contribution in [1.82, 2.24) is 9.97 Å². The summed E-state index contributed by atoms with van der Waals surface area (Å²) in [5, 5.41) is 0.320. The third kappa shape index (κ3) is 2.40. The Hall–Kier alpha value is -1.59. The molecule has 0 saturated carbocycles. The van der Waals surface area contributed by atoms with Crippen molar-refractivity contribution in [3.05, 3.63) is 34.4 Å². The number of rotatable bonds is 2. The predicted octanol–water partition coefficient (Wildman–Crippen LogP) is 2.83.